The second-order valence-corrected chi connectivity index (χ2v) is 3.33. The maximum Gasteiger partial charge on any atom is 0.417 e. The lowest BCUT2D eigenvalue weighted by Crippen LogP contribution is -2.24. The summed E-state index contributed by atoms with van der Waals surface area (Å²) < 4.78 is 59.7. The summed E-state index contributed by atoms with van der Waals surface area (Å²) in [6.45, 7) is 0.0578. The fourth-order valence-electron chi connectivity index (χ4n) is 1.17. The highest BCUT2D eigenvalue weighted by atomic mass is 19.4. The van der Waals surface area contributed by atoms with Gasteiger partial charge in [-0.2, -0.15) is 13.2 Å². The molecule has 18 heavy (non-hydrogen) atoms. The van der Waals surface area contributed by atoms with Crippen LogP contribution in [0.1, 0.15) is 5.56 Å². The third-order valence-electron chi connectivity index (χ3n) is 2.13. The zero-order valence-electron chi connectivity index (χ0n) is 9.71. The molecule has 4 nitrogen and oxygen atoms in total. The van der Waals surface area contributed by atoms with E-state index < -0.39 is 23.8 Å². The molecular formula is C10H12F4N2O2. The Hall–Kier alpha value is -1.41. The second kappa shape index (κ2) is 5.96. The minimum Gasteiger partial charge on any atom is -0.363 e. The summed E-state index contributed by atoms with van der Waals surface area (Å²) in [5.74, 6) is -1.38. The molecule has 1 aromatic heterocycles. The van der Waals surface area contributed by atoms with E-state index in [1.807, 2.05) is 0 Å². The van der Waals surface area contributed by atoms with Crippen LogP contribution in [0.15, 0.2) is 12.3 Å². The molecule has 0 spiro atoms. The topological polar surface area (TPSA) is 43.4 Å². The van der Waals surface area contributed by atoms with Crippen molar-refractivity contribution < 1.29 is 27.0 Å². The van der Waals surface area contributed by atoms with Crippen molar-refractivity contribution in [2.75, 3.05) is 26.1 Å². The molecule has 1 rings (SSSR count). The van der Waals surface area contributed by atoms with E-state index in [0.29, 0.717) is 12.3 Å². The van der Waals surface area contributed by atoms with E-state index in [1.54, 1.807) is 0 Å². The van der Waals surface area contributed by atoms with E-state index in [2.05, 4.69) is 10.3 Å². The maximum atomic E-state index is 13.3. The van der Waals surface area contributed by atoms with Crippen LogP contribution < -0.4 is 5.32 Å². The van der Waals surface area contributed by atoms with Crippen molar-refractivity contribution >= 4 is 5.82 Å². The van der Waals surface area contributed by atoms with E-state index in [9.17, 15) is 17.6 Å². The predicted octanol–water partition coefficient (Wildman–Crippen LogP) is 2.27. The number of anilines is 1. The zero-order valence-corrected chi connectivity index (χ0v) is 9.71. The lowest BCUT2D eigenvalue weighted by atomic mass is 10.2. The summed E-state index contributed by atoms with van der Waals surface area (Å²) in [5, 5.41) is 2.49. The number of pyridine rings is 1. The van der Waals surface area contributed by atoms with Crippen LogP contribution in [0, 0.1) is 5.82 Å². The third-order valence-corrected chi connectivity index (χ3v) is 2.13. The zero-order chi connectivity index (χ0) is 13.8. The smallest absolute Gasteiger partial charge is 0.363 e. The van der Waals surface area contributed by atoms with Crippen molar-refractivity contribution in [3.8, 4) is 0 Å². The average molecular weight is 268 g/mol. The number of nitrogens with zero attached hydrogens (tertiary/aromatic N) is 1. The summed E-state index contributed by atoms with van der Waals surface area (Å²) in [4.78, 5) is 3.37. The Morgan fingerprint density at radius 1 is 1.33 bits per heavy atom. The Balaban J connectivity index is 2.74. The fraction of sp³-hybridized carbons (Fsp3) is 0.500. The van der Waals surface area contributed by atoms with E-state index in [1.165, 1.54) is 14.2 Å². The summed E-state index contributed by atoms with van der Waals surface area (Å²) in [7, 11) is 2.76. The molecule has 0 saturated heterocycles. The molecule has 0 atom stereocenters. The van der Waals surface area contributed by atoms with Gasteiger partial charge in [-0.15, -0.1) is 0 Å². The van der Waals surface area contributed by atoms with Gasteiger partial charge in [-0.3, -0.25) is 0 Å². The monoisotopic (exact) mass is 268 g/mol. The summed E-state index contributed by atoms with van der Waals surface area (Å²) in [6, 6.07) is 0.379. The van der Waals surface area contributed by atoms with E-state index in [-0.39, 0.29) is 12.4 Å². The number of hydrogen-bond donors (Lipinski definition) is 1. The minimum absolute atomic E-state index is 0.0578. The molecule has 1 aromatic rings. The van der Waals surface area contributed by atoms with E-state index >= 15 is 0 Å². The van der Waals surface area contributed by atoms with Crippen molar-refractivity contribution in [3.63, 3.8) is 0 Å². The van der Waals surface area contributed by atoms with Gasteiger partial charge in [-0.05, 0) is 6.07 Å². The number of alkyl halides is 3. The molecule has 0 fully saturated rings. The highest BCUT2D eigenvalue weighted by Crippen LogP contribution is 2.30. The Kier molecular flexibility index (Phi) is 4.85. The number of aromatic nitrogens is 1. The fourth-order valence-corrected chi connectivity index (χ4v) is 1.17. The Morgan fingerprint density at radius 2 is 1.94 bits per heavy atom. The first-order valence-corrected chi connectivity index (χ1v) is 4.90. The Labute approximate surface area is 101 Å². The van der Waals surface area contributed by atoms with Gasteiger partial charge in [0, 0.05) is 20.4 Å². The van der Waals surface area contributed by atoms with Gasteiger partial charge in [-0.25, -0.2) is 9.37 Å². The molecule has 8 heteroatoms. The molecule has 0 aliphatic rings. The van der Waals surface area contributed by atoms with Crippen molar-refractivity contribution in [2.45, 2.75) is 12.5 Å². The van der Waals surface area contributed by atoms with Gasteiger partial charge in [0.25, 0.3) is 0 Å². The highest BCUT2D eigenvalue weighted by molar-refractivity contribution is 5.38. The molecule has 1 heterocycles. The van der Waals surface area contributed by atoms with E-state index in [4.69, 9.17) is 9.47 Å². The molecule has 0 bridgehead atoms. The SMILES string of the molecule is COC(CNc1ncc(C(F)(F)F)cc1F)OC. The molecule has 0 aliphatic carbocycles. The molecule has 1 N–H and O–H groups in total. The number of hydrogen-bond acceptors (Lipinski definition) is 4. The molecule has 0 radical (unpaired) electrons. The number of rotatable bonds is 5. The van der Waals surface area contributed by atoms with Gasteiger partial charge in [-0.1, -0.05) is 0 Å². The lowest BCUT2D eigenvalue weighted by molar-refractivity contribution is -0.138. The average Bonchev–Trinajstić information content (AvgIpc) is 2.30. The van der Waals surface area contributed by atoms with Crippen LogP contribution in [-0.4, -0.2) is 32.0 Å². The quantitative estimate of drug-likeness (QED) is 0.657. The van der Waals surface area contributed by atoms with Crippen molar-refractivity contribution in [1.29, 1.82) is 0 Å². The van der Waals surface area contributed by atoms with Crippen LogP contribution in [0.25, 0.3) is 0 Å². The van der Waals surface area contributed by atoms with Gasteiger partial charge < -0.3 is 14.8 Å². The molecule has 102 valence electrons. The van der Waals surface area contributed by atoms with Crippen LogP contribution >= 0.6 is 0 Å². The highest BCUT2D eigenvalue weighted by Gasteiger charge is 2.31. The first kappa shape index (κ1) is 14.7. The molecule has 0 aliphatic heterocycles. The molecular weight excluding hydrogens is 256 g/mol. The number of nitrogens with one attached hydrogen (secondary N) is 1. The first-order valence-electron chi connectivity index (χ1n) is 4.90. The number of halogens is 4. The van der Waals surface area contributed by atoms with Crippen molar-refractivity contribution in [3.05, 3.63) is 23.6 Å². The van der Waals surface area contributed by atoms with Gasteiger partial charge in [0.15, 0.2) is 17.9 Å². The summed E-state index contributed by atoms with van der Waals surface area (Å²) in [6.07, 6.45) is -4.71. The second-order valence-electron chi connectivity index (χ2n) is 3.33. The normalized spacial score (nSPS) is 11.9. The molecule has 0 amide bonds. The Morgan fingerprint density at radius 3 is 2.39 bits per heavy atom. The standard InChI is InChI=1S/C10H12F4N2O2/c1-17-8(18-2)5-16-9-7(11)3-6(4-15-9)10(12,13)14/h3-4,8H,5H2,1-2H3,(H,15,16). The lowest BCUT2D eigenvalue weighted by Gasteiger charge is -2.15. The number of methoxy groups -OCH3 is 2. The first-order chi connectivity index (χ1) is 8.38. The van der Waals surface area contributed by atoms with Crippen molar-refractivity contribution in [1.82, 2.24) is 4.98 Å². The van der Waals surface area contributed by atoms with E-state index in [0.717, 1.165) is 0 Å². The number of ether oxygens (including phenoxy) is 2. The molecule has 0 aromatic carbocycles. The van der Waals surface area contributed by atoms with Crippen LogP contribution in [-0.2, 0) is 15.7 Å². The van der Waals surface area contributed by atoms with Crippen LogP contribution in [0.4, 0.5) is 23.4 Å². The largest absolute Gasteiger partial charge is 0.417 e. The van der Waals surface area contributed by atoms with Gasteiger partial charge in [0.1, 0.15) is 0 Å². The van der Waals surface area contributed by atoms with Gasteiger partial charge >= 0.3 is 6.18 Å². The summed E-state index contributed by atoms with van der Waals surface area (Å²) >= 11 is 0. The van der Waals surface area contributed by atoms with Crippen LogP contribution in [0.5, 0.6) is 0 Å². The van der Waals surface area contributed by atoms with Gasteiger partial charge in [0.2, 0.25) is 0 Å². The van der Waals surface area contributed by atoms with Crippen LogP contribution in [0.3, 0.4) is 0 Å². The molecule has 0 unspecified atom stereocenters. The predicted molar refractivity (Wildman–Crippen MR) is 55.5 cm³/mol. The molecule has 0 saturated carbocycles. The summed E-state index contributed by atoms with van der Waals surface area (Å²) in [5.41, 5.74) is -1.14. The minimum atomic E-state index is -4.62. The maximum absolute atomic E-state index is 13.3. The third kappa shape index (κ3) is 3.81. The van der Waals surface area contributed by atoms with Gasteiger partial charge in [0.05, 0.1) is 12.1 Å². The van der Waals surface area contributed by atoms with Crippen LogP contribution in [0.2, 0.25) is 0 Å². The van der Waals surface area contributed by atoms with Crippen molar-refractivity contribution in [2.24, 2.45) is 0 Å². The Bertz CT molecular complexity index is 394.